The number of likely N-dealkylation sites (N-methyl/N-ethyl adjacent to an activating group) is 1. The number of amides is 2. The lowest BCUT2D eigenvalue weighted by molar-refractivity contribution is 0.154. The van der Waals surface area contributed by atoms with Crippen LogP contribution in [0.25, 0.3) is 0 Å². The zero-order valence-corrected chi connectivity index (χ0v) is 12.7. The zero-order chi connectivity index (χ0) is 14.2. The first-order valence-corrected chi connectivity index (χ1v) is 7.90. The van der Waals surface area contributed by atoms with Crippen molar-refractivity contribution >= 4 is 6.03 Å². The van der Waals surface area contributed by atoms with Crippen LogP contribution in [0.4, 0.5) is 4.79 Å². The molecule has 2 aliphatic rings. The van der Waals surface area contributed by atoms with Gasteiger partial charge in [0, 0.05) is 51.9 Å². The number of hydrogen-bond donors (Lipinski definition) is 3. The maximum atomic E-state index is 11.8. The standard InChI is InChI=1S/C14H29N5O/c1-18-8-10-19(11-9-18)7-6-16-14(20)17-13-4-2-3-5-15-12-13/h13,15H,2-12H2,1H3,(H2,16,17,20). The summed E-state index contributed by atoms with van der Waals surface area (Å²) in [7, 11) is 2.16. The number of carbonyl (C=O) groups excluding carboxylic acids is 1. The van der Waals surface area contributed by atoms with Gasteiger partial charge in [0.15, 0.2) is 0 Å². The molecule has 0 aromatic rings. The quantitative estimate of drug-likeness (QED) is 0.661. The van der Waals surface area contributed by atoms with Crippen LogP contribution < -0.4 is 16.0 Å². The molecule has 2 aliphatic heterocycles. The normalized spacial score (nSPS) is 25.9. The summed E-state index contributed by atoms with van der Waals surface area (Å²) in [5.41, 5.74) is 0. The number of urea groups is 1. The maximum Gasteiger partial charge on any atom is 0.315 e. The van der Waals surface area contributed by atoms with E-state index in [1.54, 1.807) is 0 Å². The Morgan fingerprint density at radius 2 is 2.05 bits per heavy atom. The summed E-state index contributed by atoms with van der Waals surface area (Å²) in [6.45, 7) is 8.10. The number of nitrogens with zero attached hydrogens (tertiary/aromatic N) is 2. The molecule has 1 unspecified atom stereocenters. The lowest BCUT2D eigenvalue weighted by atomic mass is 10.1. The van der Waals surface area contributed by atoms with Crippen LogP contribution in [0.2, 0.25) is 0 Å². The molecule has 2 rings (SSSR count). The second kappa shape index (κ2) is 8.44. The molecule has 2 fully saturated rings. The number of carbonyl (C=O) groups is 1. The van der Waals surface area contributed by atoms with E-state index in [0.717, 1.165) is 58.8 Å². The van der Waals surface area contributed by atoms with Crippen molar-refractivity contribution in [2.24, 2.45) is 0 Å². The van der Waals surface area contributed by atoms with Gasteiger partial charge in [0.2, 0.25) is 0 Å². The molecule has 20 heavy (non-hydrogen) atoms. The highest BCUT2D eigenvalue weighted by molar-refractivity contribution is 5.74. The van der Waals surface area contributed by atoms with E-state index in [9.17, 15) is 4.79 Å². The van der Waals surface area contributed by atoms with Gasteiger partial charge in [-0.3, -0.25) is 4.90 Å². The van der Waals surface area contributed by atoms with Crippen molar-refractivity contribution in [3.05, 3.63) is 0 Å². The highest BCUT2D eigenvalue weighted by Gasteiger charge is 2.15. The molecule has 6 nitrogen and oxygen atoms in total. The van der Waals surface area contributed by atoms with Gasteiger partial charge in [-0.1, -0.05) is 6.42 Å². The molecule has 6 heteroatoms. The molecule has 0 bridgehead atoms. The van der Waals surface area contributed by atoms with Crippen LogP contribution in [0.1, 0.15) is 19.3 Å². The predicted octanol–water partition coefficient (Wildman–Crippen LogP) is -0.325. The topological polar surface area (TPSA) is 59.6 Å². The van der Waals surface area contributed by atoms with E-state index in [4.69, 9.17) is 0 Å². The Balaban J connectivity index is 1.55. The Labute approximate surface area is 122 Å². The smallest absolute Gasteiger partial charge is 0.315 e. The van der Waals surface area contributed by atoms with Crippen molar-refractivity contribution in [2.75, 3.05) is 59.4 Å². The minimum absolute atomic E-state index is 0.0205. The Morgan fingerprint density at radius 1 is 1.25 bits per heavy atom. The van der Waals surface area contributed by atoms with Gasteiger partial charge in [0.05, 0.1) is 0 Å². The number of piperazine rings is 1. The second-order valence-corrected chi connectivity index (χ2v) is 5.94. The minimum atomic E-state index is -0.0205. The van der Waals surface area contributed by atoms with Gasteiger partial charge in [-0.25, -0.2) is 4.79 Å². The van der Waals surface area contributed by atoms with Crippen molar-refractivity contribution in [3.8, 4) is 0 Å². The molecule has 0 aliphatic carbocycles. The van der Waals surface area contributed by atoms with Gasteiger partial charge >= 0.3 is 6.03 Å². The van der Waals surface area contributed by atoms with E-state index in [-0.39, 0.29) is 12.1 Å². The molecule has 0 saturated carbocycles. The molecule has 116 valence electrons. The summed E-state index contributed by atoms with van der Waals surface area (Å²) in [6.07, 6.45) is 3.49. The first-order chi connectivity index (χ1) is 9.74. The van der Waals surface area contributed by atoms with Crippen molar-refractivity contribution in [3.63, 3.8) is 0 Å². The van der Waals surface area contributed by atoms with Crippen LogP contribution in [0, 0.1) is 0 Å². The Morgan fingerprint density at radius 3 is 2.85 bits per heavy atom. The Hall–Kier alpha value is -0.850. The summed E-state index contributed by atoms with van der Waals surface area (Å²) < 4.78 is 0. The van der Waals surface area contributed by atoms with E-state index in [1.807, 2.05) is 0 Å². The number of nitrogens with one attached hydrogen (secondary N) is 3. The van der Waals surface area contributed by atoms with Crippen molar-refractivity contribution < 1.29 is 4.79 Å². The van der Waals surface area contributed by atoms with Gasteiger partial charge in [-0.15, -0.1) is 0 Å². The molecule has 0 radical (unpaired) electrons. The van der Waals surface area contributed by atoms with Crippen molar-refractivity contribution in [2.45, 2.75) is 25.3 Å². The van der Waals surface area contributed by atoms with Gasteiger partial charge in [0.25, 0.3) is 0 Å². The first kappa shape index (κ1) is 15.5. The molecule has 0 spiro atoms. The lowest BCUT2D eigenvalue weighted by Gasteiger charge is -2.32. The molecule has 3 N–H and O–H groups in total. The molecule has 0 aromatic carbocycles. The molecule has 2 amide bonds. The fourth-order valence-electron chi connectivity index (χ4n) is 2.78. The lowest BCUT2D eigenvalue weighted by Crippen LogP contribution is -2.49. The van der Waals surface area contributed by atoms with Crippen LogP contribution >= 0.6 is 0 Å². The van der Waals surface area contributed by atoms with Gasteiger partial charge in [0.1, 0.15) is 0 Å². The number of hydrogen-bond acceptors (Lipinski definition) is 4. The van der Waals surface area contributed by atoms with Crippen LogP contribution in [-0.2, 0) is 0 Å². The van der Waals surface area contributed by atoms with Crippen LogP contribution in [-0.4, -0.2) is 81.3 Å². The van der Waals surface area contributed by atoms with Gasteiger partial charge in [-0.05, 0) is 26.4 Å². The summed E-state index contributed by atoms with van der Waals surface area (Å²) in [5, 5.41) is 9.40. The highest BCUT2D eigenvalue weighted by atomic mass is 16.2. The zero-order valence-electron chi connectivity index (χ0n) is 12.7. The SMILES string of the molecule is CN1CCN(CCNC(=O)NC2CCCCNC2)CC1. The summed E-state index contributed by atoms with van der Waals surface area (Å²) in [5.74, 6) is 0. The van der Waals surface area contributed by atoms with Gasteiger partial charge < -0.3 is 20.9 Å². The molecular weight excluding hydrogens is 254 g/mol. The average Bonchev–Trinajstić information content (AvgIpc) is 2.70. The highest BCUT2D eigenvalue weighted by Crippen LogP contribution is 2.03. The fourth-order valence-corrected chi connectivity index (χ4v) is 2.78. The third kappa shape index (κ3) is 5.64. The molecule has 0 aromatic heterocycles. The Kier molecular flexibility index (Phi) is 6.56. The van der Waals surface area contributed by atoms with Crippen LogP contribution in [0.3, 0.4) is 0 Å². The monoisotopic (exact) mass is 283 g/mol. The summed E-state index contributed by atoms with van der Waals surface area (Å²) >= 11 is 0. The molecular formula is C14H29N5O. The minimum Gasteiger partial charge on any atom is -0.337 e. The largest absolute Gasteiger partial charge is 0.337 e. The summed E-state index contributed by atoms with van der Waals surface area (Å²) in [6, 6.07) is 0.258. The summed E-state index contributed by atoms with van der Waals surface area (Å²) in [4.78, 5) is 16.6. The van der Waals surface area contributed by atoms with Crippen molar-refractivity contribution in [1.29, 1.82) is 0 Å². The van der Waals surface area contributed by atoms with Gasteiger partial charge in [-0.2, -0.15) is 0 Å². The number of rotatable bonds is 4. The average molecular weight is 283 g/mol. The second-order valence-electron chi connectivity index (χ2n) is 5.94. The van der Waals surface area contributed by atoms with Crippen LogP contribution in [0.5, 0.6) is 0 Å². The third-order valence-corrected chi connectivity index (χ3v) is 4.19. The molecule has 2 heterocycles. The van der Waals surface area contributed by atoms with E-state index in [0.29, 0.717) is 0 Å². The fraction of sp³-hybridized carbons (Fsp3) is 0.929. The van der Waals surface area contributed by atoms with E-state index in [2.05, 4.69) is 32.8 Å². The first-order valence-electron chi connectivity index (χ1n) is 7.90. The van der Waals surface area contributed by atoms with Crippen molar-refractivity contribution in [1.82, 2.24) is 25.8 Å². The Bertz CT molecular complexity index is 283. The van der Waals surface area contributed by atoms with E-state index in [1.165, 1.54) is 12.8 Å². The van der Waals surface area contributed by atoms with Crippen LogP contribution in [0.15, 0.2) is 0 Å². The third-order valence-electron chi connectivity index (χ3n) is 4.19. The predicted molar refractivity (Wildman–Crippen MR) is 81.0 cm³/mol. The van der Waals surface area contributed by atoms with E-state index >= 15 is 0 Å². The molecule has 1 atom stereocenters. The van der Waals surface area contributed by atoms with E-state index < -0.39 is 0 Å². The maximum absolute atomic E-state index is 11.8. The molecule has 2 saturated heterocycles.